The van der Waals surface area contributed by atoms with Crippen molar-refractivity contribution in [1.29, 1.82) is 0 Å². The number of benzene rings is 1. The Morgan fingerprint density at radius 1 is 1.33 bits per heavy atom. The van der Waals surface area contributed by atoms with E-state index in [0.29, 0.717) is 18.5 Å². The van der Waals surface area contributed by atoms with Crippen LogP contribution in [0.2, 0.25) is 0 Å². The molecule has 3 unspecified atom stereocenters. The molecular weight excluding hydrogens is 266 g/mol. The van der Waals surface area contributed by atoms with E-state index in [1.807, 2.05) is 26.0 Å². The van der Waals surface area contributed by atoms with Gasteiger partial charge in [0, 0.05) is 19.2 Å². The van der Waals surface area contributed by atoms with Crippen molar-refractivity contribution in [1.82, 2.24) is 5.32 Å². The monoisotopic (exact) mass is 293 g/mol. The zero-order valence-electron chi connectivity index (χ0n) is 13.0. The van der Waals surface area contributed by atoms with E-state index in [1.165, 1.54) is 0 Å². The Kier molecular flexibility index (Phi) is 6.03. The molecule has 0 spiro atoms. The van der Waals surface area contributed by atoms with Gasteiger partial charge < -0.3 is 20.3 Å². The SMILES string of the molecule is Cc1ccc(C)c(OCC(O)CNC2CCCC2CO)c1. The highest BCUT2D eigenvalue weighted by atomic mass is 16.5. The van der Waals surface area contributed by atoms with E-state index < -0.39 is 6.10 Å². The van der Waals surface area contributed by atoms with Crippen LogP contribution in [0.5, 0.6) is 5.75 Å². The highest BCUT2D eigenvalue weighted by molar-refractivity contribution is 5.35. The quantitative estimate of drug-likeness (QED) is 0.717. The van der Waals surface area contributed by atoms with Crippen molar-refractivity contribution in [2.24, 2.45) is 5.92 Å². The molecule has 0 bridgehead atoms. The van der Waals surface area contributed by atoms with Crippen molar-refractivity contribution in [2.45, 2.75) is 45.3 Å². The van der Waals surface area contributed by atoms with Crippen LogP contribution in [0.15, 0.2) is 18.2 Å². The molecular formula is C17H27NO3. The summed E-state index contributed by atoms with van der Waals surface area (Å²) >= 11 is 0. The van der Waals surface area contributed by atoms with Gasteiger partial charge in [0.05, 0.1) is 0 Å². The topological polar surface area (TPSA) is 61.7 Å². The van der Waals surface area contributed by atoms with Crippen molar-refractivity contribution < 1.29 is 14.9 Å². The molecule has 1 aromatic rings. The summed E-state index contributed by atoms with van der Waals surface area (Å²) in [6, 6.07) is 6.40. The first-order valence-corrected chi connectivity index (χ1v) is 7.82. The summed E-state index contributed by atoms with van der Waals surface area (Å²) in [5, 5.41) is 22.7. The smallest absolute Gasteiger partial charge is 0.122 e. The average Bonchev–Trinajstić information content (AvgIpc) is 2.93. The lowest BCUT2D eigenvalue weighted by atomic mass is 10.1. The fourth-order valence-corrected chi connectivity index (χ4v) is 2.92. The minimum absolute atomic E-state index is 0.229. The molecule has 1 aliphatic carbocycles. The van der Waals surface area contributed by atoms with Crippen molar-refractivity contribution >= 4 is 0 Å². The molecule has 1 fully saturated rings. The maximum atomic E-state index is 10.0. The molecule has 0 aromatic heterocycles. The Bertz CT molecular complexity index is 450. The third-order valence-corrected chi connectivity index (χ3v) is 4.28. The van der Waals surface area contributed by atoms with Gasteiger partial charge in [-0.25, -0.2) is 0 Å². The van der Waals surface area contributed by atoms with Gasteiger partial charge in [0.25, 0.3) is 0 Å². The van der Waals surface area contributed by atoms with Crippen molar-refractivity contribution in [2.75, 3.05) is 19.8 Å². The van der Waals surface area contributed by atoms with Crippen LogP contribution >= 0.6 is 0 Å². The number of aryl methyl sites for hydroxylation is 2. The zero-order valence-corrected chi connectivity index (χ0v) is 13.0. The number of hydrogen-bond acceptors (Lipinski definition) is 4. The van der Waals surface area contributed by atoms with Crippen molar-refractivity contribution in [3.8, 4) is 5.75 Å². The van der Waals surface area contributed by atoms with E-state index in [0.717, 1.165) is 36.1 Å². The van der Waals surface area contributed by atoms with Crippen LogP contribution in [0.4, 0.5) is 0 Å². The first kappa shape index (κ1) is 16.3. The number of aliphatic hydroxyl groups is 2. The molecule has 1 saturated carbocycles. The molecule has 0 saturated heterocycles. The fourth-order valence-electron chi connectivity index (χ4n) is 2.92. The van der Waals surface area contributed by atoms with E-state index in [2.05, 4.69) is 11.4 Å². The van der Waals surface area contributed by atoms with Gasteiger partial charge in [0.1, 0.15) is 18.5 Å². The van der Waals surface area contributed by atoms with Crippen LogP contribution in [-0.2, 0) is 0 Å². The molecule has 0 radical (unpaired) electrons. The van der Waals surface area contributed by atoms with Crippen molar-refractivity contribution in [3.63, 3.8) is 0 Å². The summed E-state index contributed by atoms with van der Waals surface area (Å²) in [6.45, 7) is 5.05. The first-order chi connectivity index (χ1) is 10.1. The minimum Gasteiger partial charge on any atom is -0.491 e. The van der Waals surface area contributed by atoms with Crippen LogP contribution in [0, 0.1) is 19.8 Å². The summed E-state index contributed by atoms with van der Waals surface area (Å²) in [4.78, 5) is 0. The first-order valence-electron chi connectivity index (χ1n) is 7.82. The minimum atomic E-state index is -0.537. The maximum absolute atomic E-state index is 10.0. The molecule has 0 heterocycles. The predicted molar refractivity (Wildman–Crippen MR) is 83.6 cm³/mol. The second kappa shape index (κ2) is 7.78. The molecule has 2 rings (SSSR count). The Hall–Kier alpha value is -1.10. The number of hydrogen-bond donors (Lipinski definition) is 3. The molecule has 118 valence electrons. The summed E-state index contributed by atoms with van der Waals surface area (Å²) in [5.74, 6) is 1.17. The molecule has 1 aliphatic rings. The summed E-state index contributed by atoms with van der Waals surface area (Å²) in [7, 11) is 0. The molecule has 3 atom stereocenters. The molecule has 1 aromatic carbocycles. The Morgan fingerprint density at radius 2 is 2.14 bits per heavy atom. The Balaban J connectivity index is 1.74. The molecule has 4 heteroatoms. The fraction of sp³-hybridized carbons (Fsp3) is 0.647. The van der Waals surface area contributed by atoms with Gasteiger partial charge in [-0.2, -0.15) is 0 Å². The Morgan fingerprint density at radius 3 is 2.90 bits per heavy atom. The Labute approximate surface area is 127 Å². The lowest BCUT2D eigenvalue weighted by Gasteiger charge is -2.21. The van der Waals surface area contributed by atoms with Gasteiger partial charge in [-0.1, -0.05) is 18.6 Å². The normalized spacial score (nSPS) is 23.2. The zero-order chi connectivity index (χ0) is 15.2. The van der Waals surface area contributed by atoms with Crippen LogP contribution in [-0.4, -0.2) is 42.1 Å². The largest absolute Gasteiger partial charge is 0.491 e. The van der Waals surface area contributed by atoms with Crippen LogP contribution in [0.25, 0.3) is 0 Å². The predicted octanol–water partition coefficient (Wildman–Crippen LogP) is 1.79. The number of nitrogens with one attached hydrogen (secondary N) is 1. The van der Waals surface area contributed by atoms with E-state index in [-0.39, 0.29) is 13.2 Å². The lowest BCUT2D eigenvalue weighted by Crippen LogP contribution is -2.40. The second-order valence-corrected chi connectivity index (χ2v) is 6.12. The number of ether oxygens (including phenoxy) is 1. The van der Waals surface area contributed by atoms with Gasteiger partial charge in [-0.15, -0.1) is 0 Å². The third-order valence-electron chi connectivity index (χ3n) is 4.28. The van der Waals surface area contributed by atoms with Gasteiger partial charge in [-0.3, -0.25) is 0 Å². The summed E-state index contributed by atoms with van der Waals surface area (Å²) < 4.78 is 5.71. The van der Waals surface area contributed by atoms with Gasteiger partial charge in [0.15, 0.2) is 0 Å². The molecule has 0 amide bonds. The molecule has 3 N–H and O–H groups in total. The molecule has 4 nitrogen and oxygen atoms in total. The van der Waals surface area contributed by atoms with Crippen LogP contribution in [0.3, 0.4) is 0 Å². The van der Waals surface area contributed by atoms with Gasteiger partial charge >= 0.3 is 0 Å². The van der Waals surface area contributed by atoms with E-state index in [1.54, 1.807) is 0 Å². The molecule has 21 heavy (non-hydrogen) atoms. The maximum Gasteiger partial charge on any atom is 0.122 e. The average molecular weight is 293 g/mol. The van der Waals surface area contributed by atoms with E-state index >= 15 is 0 Å². The van der Waals surface area contributed by atoms with Crippen LogP contribution in [0.1, 0.15) is 30.4 Å². The second-order valence-electron chi connectivity index (χ2n) is 6.12. The standard InChI is InChI=1S/C17H27NO3/c1-12-6-7-13(2)17(8-12)21-11-15(20)9-18-16-5-3-4-14(16)10-19/h6-8,14-16,18-20H,3-5,9-11H2,1-2H3. The lowest BCUT2D eigenvalue weighted by molar-refractivity contribution is 0.0988. The van der Waals surface area contributed by atoms with Crippen LogP contribution < -0.4 is 10.1 Å². The summed E-state index contributed by atoms with van der Waals surface area (Å²) in [5.41, 5.74) is 2.23. The number of aliphatic hydroxyl groups excluding tert-OH is 2. The number of rotatable bonds is 7. The third kappa shape index (κ3) is 4.70. The van der Waals surface area contributed by atoms with E-state index in [9.17, 15) is 10.2 Å². The summed E-state index contributed by atoms with van der Waals surface area (Å²) in [6.07, 6.45) is 2.77. The van der Waals surface area contributed by atoms with Crippen molar-refractivity contribution in [3.05, 3.63) is 29.3 Å². The van der Waals surface area contributed by atoms with E-state index in [4.69, 9.17) is 4.74 Å². The van der Waals surface area contributed by atoms with Gasteiger partial charge in [-0.05, 0) is 49.8 Å². The highest BCUT2D eigenvalue weighted by Crippen LogP contribution is 2.25. The molecule has 0 aliphatic heterocycles. The van der Waals surface area contributed by atoms with Gasteiger partial charge in [0.2, 0.25) is 0 Å². The highest BCUT2D eigenvalue weighted by Gasteiger charge is 2.26.